The van der Waals surface area contributed by atoms with Gasteiger partial charge in [0, 0.05) is 36.1 Å². The lowest BCUT2D eigenvalue weighted by Gasteiger charge is -2.28. The van der Waals surface area contributed by atoms with Gasteiger partial charge in [0.25, 0.3) is 10.0 Å². The maximum absolute atomic E-state index is 14.1. The number of ether oxygens (including phenoxy) is 1. The molecule has 2 amide bonds. The Morgan fingerprint density at radius 1 is 0.956 bits per heavy atom. The molecule has 236 valence electrons. The van der Waals surface area contributed by atoms with E-state index in [9.17, 15) is 22.8 Å². The number of hydrogen-bond donors (Lipinski definition) is 3. The molecule has 0 spiro atoms. The molecule has 2 aromatic heterocycles. The van der Waals surface area contributed by atoms with Crippen molar-refractivity contribution in [2.75, 3.05) is 6.61 Å². The van der Waals surface area contributed by atoms with Crippen LogP contribution in [-0.2, 0) is 35.6 Å². The number of cyclic esters (lactones) is 1. The van der Waals surface area contributed by atoms with Crippen LogP contribution in [0.3, 0.4) is 0 Å². The van der Waals surface area contributed by atoms with E-state index >= 15 is 0 Å². The standard InChI is InChI=1S/C34H38N4O6S/c1-23-15-17-26(18-16-23)45(42,43)38-19-8-12-30(38)33-24(2)9-7-14-32(40)44-20-6-5-13-31(39)36-29(34(41)37-33)21-25-22-35-28-11-4-3-10-27(25)28/h3-4,7-12,15-19,22,24,29,33,35H,5-6,13-14,20-21H2,1-2H3,(H,36,39)(H,37,41)/b9-7+/t24-,29-,33+/m0/s1. The second kappa shape index (κ2) is 14.0. The summed E-state index contributed by atoms with van der Waals surface area (Å²) in [6.07, 6.45) is 8.14. The minimum Gasteiger partial charge on any atom is -0.465 e. The summed E-state index contributed by atoms with van der Waals surface area (Å²) in [5.41, 5.74) is 3.04. The topological polar surface area (TPSA) is 139 Å². The number of amides is 2. The Labute approximate surface area is 262 Å². The number of esters is 1. The van der Waals surface area contributed by atoms with Crippen LogP contribution in [0.2, 0.25) is 0 Å². The van der Waals surface area contributed by atoms with Gasteiger partial charge >= 0.3 is 5.97 Å². The van der Waals surface area contributed by atoms with Crippen LogP contribution < -0.4 is 10.6 Å². The van der Waals surface area contributed by atoms with Crippen LogP contribution in [0.15, 0.2) is 90.1 Å². The summed E-state index contributed by atoms with van der Waals surface area (Å²) < 4.78 is 34.1. The first-order chi connectivity index (χ1) is 21.6. The summed E-state index contributed by atoms with van der Waals surface area (Å²) in [7, 11) is -4.01. The largest absolute Gasteiger partial charge is 0.465 e. The van der Waals surface area contributed by atoms with Crippen molar-refractivity contribution in [2.45, 2.75) is 62.9 Å². The number of aromatic nitrogens is 2. The Hall–Kier alpha value is -4.64. The summed E-state index contributed by atoms with van der Waals surface area (Å²) in [6.45, 7) is 3.90. The monoisotopic (exact) mass is 630 g/mol. The summed E-state index contributed by atoms with van der Waals surface area (Å²) >= 11 is 0. The molecule has 1 aliphatic rings. The SMILES string of the molecule is Cc1ccc(S(=O)(=O)n2cccc2[C@@H]2NC(=O)[C@H](Cc3c[nH]c4ccccc34)NC(=O)CCCCOC(=O)C/C=C/[C@@H]2C)cc1. The molecule has 0 aliphatic carbocycles. The van der Waals surface area contributed by atoms with Crippen molar-refractivity contribution >= 4 is 38.7 Å². The van der Waals surface area contributed by atoms with Gasteiger partial charge in [0.15, 0.2) is 0 Å². The third-order valence-electron chi connectivity index (χ3n) is 8.00. The minimum absolute atomic E-state index is 0.0252. The van der Waals surface area contributed by atoms with E-state index in [1.54, 1.807) is 48.6 Å². The van der Waals surface area contributed by atoms with Gasteiger partial charge in [-0.15, -0.1) is 0 Å². The highest BCUT2D eigenvalue weighted by molar-refractivity contribution is 7.90. The van der Waals surface area contributed by atoms with E-state index in [1.807, 2.05) is 44.3 Å². The Morgan fingerprint density at radius 3 is 2.53 bits per heavy atom. The van der Waals surface area contributed by atoms with Gasteiger partial charge in [0.2, 0.25) is 11.8 Å². The molecule has 10 nitrogen and oxygen atoms in total. The van der Waals surface area contributed by atoms with Crippen molar-refractivity contribution < 1.29 is 27.5 Å². The Balaban J connectivity index is 1.52. The predicted octanol–water partition coefficient (Wildman–Crippen LogP) is 4.71. The molecule has 2 aromatic carbocycles. The number of benzene rings is 2. The molecule has 4 aromatic rings. The maximum atomic E-state index is 14.1. The second-order valence-corrected chi connectivity index (χ2v) is 13.2. The van der Waals surface area contributed by atoms with Gasteiger partial charge in [0.1, 0.15) is 6.04 Å². The van der Waals surface area contributed by atoms with Crippen LogP contribution >= 0.6 is 0 Å². The molecular formula is C34H38N4O6S. The fourth-order valence-electron chi connectivity index (χ4n) is 5.51. The fraction of sp³-hybridized carbons (Fsp3) is 0.324. The highest BCUT2D eigenvalue weighted by Gasteiger charge is 2.31. The molecule has 1 aliphatic heterocycles. The fourth-order valence-corrected chi connectivity index (χ4v) is 6.90. The van der Waals surface area contributed by atoms with Crippen LogP contribution in [0.5, 0.6) is 0 Å². The second-order valence-electron chi connectivity index (χ2n) is 11.4. The van der Waals surface area contributed by atoms with Gasteiger partial charge in [-0.1, -0.05) is 55.0 Å². The Morgan fingerprint density at radius 2 is 1.73 bits per heavy atom. The molecule has 0 saturated heterocycles. The van der Waals surface area contributed by atoms with Gasteiger partial charge in [-0.05, 0) is 61.6 Å². The highest BCUT2D eigenvalue weighted by atomic mass is 32.2. The van der Waals surface area contributed by atoms with Crippen molar-refractivity contribution in [2.24, 2.45) is 5.92 Å². The number of para-hydroxylation sites is 1. The molecule has 0 unspecified atom stereocenters. The molecule has 45 heavy (non-hydrogen) atoms. The van der Waals surface area contributed by atoms with Gasteiger partial charge in [0.05, 0.1) is 29.7 Å². The number of fused-ring (bicyclic) bond motifs is 1. The number of nitrogens with zero attached hydrogens (tertiary/aromatic N) is 1. The number of aryl methyl sites for hydroxylation is 1. The lowest BCUT2D eigenvalue weighted by Crippen LogP contribution is -2.49. The van der Waals surface area contributed by atoms with Crippen molar-refractivity contribution in [3.05, 3.63) is 102 Å². The summed E-state index contributed by atoms with van der Waals surface area (Å²) in [5.74, 6) is -1.60. The van der Waals surface area contributed by atoms with E-state index in [-0.39, 0.29) is 36.7 Å². The van der Waals surface area contributed by atoms with E-state index < -0.39 is 39.9 Å². The molecule has 5 rings (SSSR count). The van der Waals surface area contributed by atoms with E-state index in [1.165, 1.54) is 10.2 Å². The van der Waals surface area contributed by atoms with Gasteiger partial charge in [-0.3, -0.25) is 14.4 Å². The van der Waals surface area contributed by atoms with E-state index in [2.05, 4.69) is 15.6 Å². The molecule has 0 bridgehead atoms. The van der Waals surface area contributed by atoms with Crippen molar-refractivity contribution in [3.63, 3.8) is 0 Å². The van der Waals surface area contributed by atoms with E-state index in [4.69, 9.17) is 4.74 Å². The Kier molecular flexibility index (Phi) is 9.87. The smallest absolute Gasteiger partial charge is 0.309 e. The van der Waals surface area contributed by atoms with Crippen LogP contribution in [0.4, 0.5) is 0 Å². The van der Waals surface area contributed by atoms with Crippen LogP contribution in [0, 0.1) is 12.8 Å². The van der Waals surface area contributed by atoms with Crippen molar-refractivity contribution in [1.29, 1.82) is 0 Å². The van der Waals surface area contributed by atoms with Gasteiger partial charge in [-0.2, -0.15) is 0 Å². The molecule has 11 heteroatoms. The number of hydrogen-bond acceptors (Lipinski definition) is 6. The van der Waals surface area contributed by atoms with E-state index in [0.717, 1.165) is 22.0 Å². The number of aromatic amines is 1. The number of rotatable bonds is 5. The van der Waals surface area contributed by atoms with Gasteiger partial charge < -0.3 is 20.4 Å². The van der Waals surface area contributed by atoms with Crippen LogP contribution in [-0.4, -0.2) is 47.8 Å². The quantitative estimate of drug-likeness (QED) is 0.216. The van der Waals surface area contributed by atoms with Gasteiger partial charge in [-0.25, -0.2) is 12.4 Å². The summed E-state index contributed by atoms with van der Waals surface area (Å²) in [6, 6.07) is 15.8. The number of carbonyl (C=O) groups excluding carboxylic acids is 3. The lowest BCUT2D eigenvalue weighted by atomic mass is 9.96. The molecule has 3 atom stereocenters. The van der Waals surface area contributed by atoms with Crippen LogP contribution in [0.1, 0.15) is 55.5 Å². The number of carbonyl (C=O) groups is 3. The summed E-state index contributed by atoms with van der Waals surface area (Å²) in [5, 5.41) is 6.90. The normalized spacial score (nSPS) is 21.6. The molecular weight excluding hydrogens is 592 g/mol. The molecule has 3 N–H and O–H groups in total. The summed E-state index contributed by atoms with van der Waals surface area (Å²) in [4.78, 5) is 42.7. The number of H-pyrrole nitrogens is 1. The molecule has 0 fully saturated rings. The van der Waals surface area contributed by atoms with Crippen molar-refractivity contribution in [3.8, 4) is 0 Å². The van der Waals surface area contributed by atoms with Crippen molar-refractivity contribution in [1.82, 2.24) is 19.6 Å². The maximum Gasteiger partial charge on any atom is 0.309 e. The minimum atomic E-state index is -4.01. The molecule has 0 radical (unpaired) electrons. The Bertz CT molecular complexity index is 1810. The third kappa shape index (κ3) is 7.54. The first-order valence-electron chi connectivity index (χ1n) is 15.1. The molecule has 0 saturated carbocycles. The zero-order valence-corrected chi connectivity index (χ0v) is 26.2. The third-order valence-corrected chi connectivity index (χ3v) is 9.72. The zero-order chi connectivity index (χ0) is 32.0. The first kappa shape index (κ1) is 31.8. The van der Waals surface area contributed by atoms with Crippen LogP contribution in [0.25, 0.3) is 10.9 Å². The first-order valence-corrected chi connectivity index (χ1v) is 16.5. The average Bonchev–Trinajstić information content (AvgIpc) is 3.67. The zero-order valence-electron chi connectivity index (χ0n) is 25.4. The number of nitrogens with one attached hydrogen (secondary N) is 3. The van der Waals surface area contributed by atoms with E-state index in [0.29, 0.717) is 18.5 Å². The molecule has 3 heterocycles. The lowest BCUT2D eigenvalue weighted by molar-refractivity contribution is -0.142. The highest BCUT2D eigenvalue weighted by Crippen LogP contribution is 2.28. The average molecular weight is 631 g/mol. The predicted molar refractivity (Wildman–Crippen MR) is 171 cm³/mol.